The summed E-state index contributed by atoms with van der Waals surface area (Å²) in [4.78, 5) is 37.8. The summed E-state index contributed by atoms with van der Waals surface area (Å²) >= 11 is 0. The number of amides is 1. The van der Waals surface area contributed by atoms with Gasteiger partial charge in [-0.25, -0.2) is 9.78 Å². The second kappa shape index (κ2) is 3.29. The first-order valence-corrected chi connectivity index (χ1v) is 3.57. The minimum absolute atomic E-state index is 0.00125. The molecule has 1 aromatic rings. The molecule has 1 amide bonds. The molecule has 0 saturated carbocycles. The van der Waals surface area contributed by atoms with Gasteiger partial charge in [-0.2, -0.15) is 0 Å². The van der Waals surface area contributed by atoms with Crippen molar-refractivity contribution < 1.29 is 14.7 Å². The van der Waals surface area contributed by atoms with Crippen LogP contribution in [0.4, 0.5) is 0 Å². The smallest absolute Gasteiger partial charge is 0.372 e. The average molecular weight is 197 g/mol. The van der Waals surface area contributed by atoms with Gasteiger partial charge in [-0.3, -0.25) is 9.59 Å². The number of carboxylic acid groups (broad SMARTS) is 1. The Morgan fingerprint density at radius 2 is 2.07 bits per heavy atom. The summed E-state index contributed by atoms with van der Waals surface area (Å²) in [7, 11) is 0. The fraction of sp³-hybridized carbons (Fsp3) is 0.143. The number of nitrogens with zero attached hydrogens (tertiary/aromatic N) is 1. The largest absolute Gasteiger partial charge is 0.475 e. The zero-order valence-electron chi connectivity index (χ0n) is 7.20. The third kappa shape index (κ3) is 1.60. The molecule has 0 saturated heterocycles. The predicted octanol–water partition coefficient (Wildman–Crippen LogP) is -1.12. The van der Waals surface area contributed by atoms with Gasteiger partial charge in [0.15, 0.2) is 0 Å². The highest BCUT2D eigenvalue weighted by atomic mass is 16.4. The molecule has 0 radical (unpaired) electrons. The van der Waals surface area contributed by atoms with Crippen LogP contribution in [0.25, 0.3) is 0 Å². The van der Waals surface area contributed by atoms with E-state index in [0.29, 0.717) is 0 Å². The highest BCUT2D eigenvalue weighted by molar-refractivity contribution is 5.94. The first-order valence-electron chi connectivity index (χ1n) is 3.57. The molecule has 0 spiro atoms. The number of rotatable bonds is 2. The van der Waals surface area contributed by atoms with E-state index in [1.807, 2.05) is 4.98 Å². The summed E-state index contributed by atoms with van der Waals surface area (Å²) in [6.45, 7) is 1.34. The molecule has 0 atom stereocenters. The van der Waals surface area contributed by atoms with Crippen LogP contribution in [-0.4, -0.2) is 27.0 Å². The Labute approximate surface area is 77.6 Å². The van der Waals surface area contributed by atoms with Crippen molar-refractivity contribution in [3.63, 3.8) is 0 Å². The Balaban J connectivity index is 3.48. The van der Waals surface area contributed by atoms with Gasteiger partial charge in [-0.15, -0.1) is 0 Å². The van der Waals surface area contributed by atoms with Crippen molar-refractivity contribution in [2.75, 3.05) is 0 Å². The maximum atomic E-state index is 11.1. The number of aryl methyl sites for hydroxylation is 1. The number of carbonyl (C=O) groups is 2. The normalized spacial score (nSPS) is 9.79. The van der Waals surface area contributed by atoms with Gasteiger partial charge in [0, 0.05) is 0 Å². The van der Waals surface area contributed by atoms with E-state index in [0.717, 1.165) is 0 Å². The highest BCUT2D eigenvalue weighted by Crippen LogP contribution is 1.97. The summed E-state index contributed by atoms with van der Waals surface area (Å²) in [6, 6.07) is 0. The number of primary amides is 1. The van der Waals surface area contributed by atoms with Crippen LogP contribution in [0.5, 0.6) is 0 Å². The van der Waals surface area contributed by atoms with Gasteiger partial charge in [0.05, 0.1) is 5.69 Å². The fourth-order valence-electron chi connectivity index (χ4n) is 0.977. The maximum Gasteiger partial charge on any atom is 0.372 e. The number of aromatic nitrogens is 2. The fourth-order valence-corrected chi connectivity index (χ4v) is 0.977. The molecule has 0 aromatic carbocycles. The monoisotopic (exact) mass is 197 g/mol. The maximum absolute atomic E-state index is 11.1. The second-order valence-electron chi connectivity index (χ2n) is 2.54. The van der Waals surface area contributed by atoms with Crippen LogP contribution in [-0.2, 0) is 0 Å². The first kappa shape index (κ1) is 9.90. The van der Waals surface area contributed by atoms with Crippen LogP contribution in [0, 0.1) is 6.92 Å². The Hall–Kier alpha value is -2.18. The van der Waals surface area contributed by atoms with Gasteiger partial charge in [0.2, 0.25) is 5.82 Å². The SMILES string of the molecule is Cc1nc(C(=O)O)[nH]c(=O)c1C(N)=O. The predicted molar refractivity (Wildman–Crippen MR) is 45.1 cm³/mol. The summed E-state index contributed by atoms with van der Waals surface area (Å²) in [5.41, 5.74) is 3.72. The molecular formula is C7H7N3O4. The standard InChI is InChI=1S/C7H7N3O4/c1-2-3(4(8)11)6(12)10-5(9-2)7(13)14/h1H3,(H2,8,11)(H,13,14)(H,9,10,12). The molecule has 1 heterocycles. The number of hydrogen-bond acceptors (Lipinski definition) is 4. The third-order valence-electron chi connectivity index (χ3n) is 1.55. The molecule has 0 bridgehead atoms. The lowest BCUT2D eigenvalue weighted by atomic mass is 10.2. The van der Waals surface area contributed by atoms with Crippen molar-refractivity contribution in [3.05, 3.63) is 27.4 Å². The van der Waals surface area contributed by atoms with Gasteiger partial charge < -0.3 is 15.8 Å². The van der Waals surface area contributed by atoms with E-state index >= 15 is 0 Å². The summed E-state index contributed by atoms with van der Waals surface area (Å²) in [6.07, 6.45) is 0. The van der Waals surface area contributed by atoms with Gasteiger partial charge in [0.1, 0.15) is 5.56 Å². The van der Waals surface area contributed by atoms with Crippen LogP contribution < -0.4 is 11.3 Å². The van der Waals surface area contributed by atoms with Gasteiger partial charge in [0.25, 0.3) is 11.5 Å². The van der Waals surface area contributed by atoms with Crippen molar-refractivity contribution in [3.8, 4) is 0 Å². The minimum Gasteiger partial charge on any atom is -0.475 e. The van der Waals surface area contributed by atoms with Crippen molar-refractivity contribution >= 4 is 11.9 Å². The van der Waals surface area contributed by atoms with Crippen molar-refractivity contribution in [1.82, 2.24) is 9.97 Å². The minimum atomic E-state index is -1.37. The Morgan fingerprint density at radius 3 is 2.43 bits per heavy atom. The Kier molecular flexibility index (Phi) is 2.32. The molecule has 14 heavy (non-hydrogen) atoms. The second-order valence-corrected chi connectivity index (χ2v) is 2.54. The van der Waals surface area contributed by atoms with Crippen LogP contribution in [0.2, 0.25) is 0 Å². The van der Waals surface area contributed by atoms with Crippen LogP contribution in [0.1, 0.15) is 26.7 Å². The Morgan fingerprint density at radius 1 is 1.50 bits per heavy atom. The van der Waals surface area contributed by atoms with Gasteiger partial charge in [-0.05, 0) is 6.92 Å². The lowest BCUT2D eigenvalue weighted by molar-refractivity contribution is 0.0681. The molecule has 0 aliphatic carbocycles. The van der Waals surface area contributed by atoms with Crippen LogP contribution >= 0.6 is 0 Å². The van der Waals surface area contributed by atoms with E-state index in [1.165, 1.54) is 6.92 Å². The van der Waals surface area contributed by atoms with E-state index in [4.69, 9.17) is 10.8 Å². The molecule has 1 aromatic heterocycles. The number of aromatic amines is 1. The molecule has 1 rings (SSSR count). The van der Waals surface area contributed by atoms with Crippen LogP contribution in [0.15, 0.2) is 4.79 Å². The van der Waals surface area contributed by atoms with E-state index in [2.05, 4.69) is 4.98 Å². The average Bonchev–Trinajstić information content (AvgIpc) is 2.01. The summed E-state index contributed by atoms with van der Waals surface area (Å²) in [5, 5.41) is 8.51. The van der Waals surface area contributed by atoms with Crippen LogP contribution in [0.3, 0.4) is 0 Å². The highest BCUT2D eigenvalue weighted by Gasteiger charge is 2.15. The number of nitrogens with one attached hydrogen (secondary N) is 1. The van der Waals surface area contributed by atoms with E-state index in [9.17, 15) is 14.4 Å². The van der Waals surface area contributed by atoms with Gasteiger partial charge >= 0.3 is 5.97 Å². The molecule has 0 unspecified atom stereocenters. The molecule has 7 nitrogen and oxygen atoms in total. The number of carbonyl (C=O) groups excluding carboxylic acids is 1. The quantitative estimate of drug-likeness (QED) is 0.553. The molecule has 74 valence electrons. The van der Waals surface area contributed by atoms with Crippen molar-refractivity contribution in [2.24, 2.45) is 5.73 Å². The topological polar surface area (TPSA) is 126 Å². The number of aromatic carboxylic acids is 1. The third-order valence-corrected chi connectivity index (χ3v) is 1.55. The first-order chi connectivity index (χ1) is 6.43. The molecular weight excluding hydrogens is 190 g/mol. The zero-order chi connectivity index (χ0) is 10.9. The number of hydrogen-bond donors (Lipinski definition) is 3. The lowest BCUT2D eigenvalue weighted by Gasteiger charge is -2.00. The number of carboxylic acids is 1. The van der Waals surface area contributed by atoms with E-state index in [1.54, 1.807) is 0 Å². The van der Waals surface area contributed by atoms with Crippen molar-refractivity contribution in [2.45, 2.75) is 6.92 Å². The lowest BCUT2D eigenvalue weighted by Crippen LogP contribution is -2.28. The number of H-pyrrole nitrogens is 1. The summed E-state index contributed by atoms with van der Waals surface area (Å²) < 4.78 is 0. The zero-order valence-corrected chi connectivity index (χ0v) is 7.20. The molecule has 0 aliphatic rings. The van der Waals surface area contributed by atoms with E-state index < -0.39 is 23.3 Å². The van der Waals surface area contributed by atoms with E-state index in [-0.39, 0.29) is 11.3 Å². The van der Waals surface area contributed by atoms with Crippen molar-refractivity contribution in [1.29, 1.82) is 0 Å². The molecule has 4 N–H and O–H groups in total. The molecule has 0 fully saturated rings. The van der Waals surface area contributed by atoms with Gasteiger partial charge in [-0.1, -0.05) is 0 Å². The Bertz CT molecular complexity index is 462. The summed E-state index contributed by atoms with van der Waals surface area (Å²) in [5.74, 6) is -2.83. The molecule has 7 heteroatoms. The molecule has 0 aliphatic heterocycles. The number of nitrogens with two attached hydrogens (primary N) is 1.